The highest BCUT2D eigenvalue weighted by Gasteiger charge is 2.48. The van der Waals surface area contributed by atoms with Crippen LogP contribution in [-0.4, -0.2) is 36.3 Å². The van der Waals surface area contributed by atoms with Crippen LogP contribution in [0.4, 0.5) is 0 Å². The molecule has 0 bridgehead atoms. The maximum absolute atomic E-state index is 13.5. The largest absolute Gasteiger partial charge is 0.366 e. The Labute approximate surface area is 192 Å². The molecule has 0 saturated heterocycles. The van der Waals surface area contributed by atoms with Crippen LogP contribution in [0.1, 0.15) is 66.9 Å². The zero-order valence-corrected chi connectivity index (χ0v) is 20.8. The first kappa shape index (κ1) is 27.4. The van der Waals surface area contributed by atoms with Crippen molar-refractivity contribution < 1.29 is 14.4 Å². The Morgan fingerprint density at radius 2 is 1.59 bits per heavy atom. The monoisotopic (exact) mass is 444 g/mol. The van der Waals surface area contributed by atoms with Crippen molar-refractivity contribution in [3.63, 3.8) is 0 Å². The van der Waals surface area contributed by atoms with E-state index >= 15 is 0 Å². The molecule has 0 aliphatic heterocycles. The summed E-state index contributed by atoms with van der Waals surface area (Å²) in [6.45, 7) is 13.3. The molecule has 0 spiro atoms. The van der Waals surface area contributed by atoms with Gasteiger partial charge in [-0.1, -0.05) is 78.3 Å². The number of allylic oxidation sites excluding steroid dienone is 1. The molecule has 0 aromatic heterocycles. The molecular formula is C25H40N4O3. The highest BCUT2D eigenvalue weighted by molar-refractivity contribution is 5.95. The van der Waals surface area contributed by atoms with Crippen LogP contribution in [0.25, 0.3) is 0 Å². The molecule has 0 fully saturated rings. The molecule has 1 aromatic rings. The van der Waals surface area contributed by atoms with Crippen LogP contribution in [0.5, 0.6) is 0 Å². The fraction of sp³-hybridized carbons (Fsp3) is 0.560. The van der Waals surface area contributed by atoms with Gasteiger partial charge in [-0.2, -0.15) is 0 Å². The second-order valence-corrected chi connectivity index (χ2v) is 9.95. The van der Waals surface area contributed by atoms with Crippen molar-refractivity contribution in [2.45, 2.75) is 78.3 Å². The van der Waals surface area contributed by atoms with E-state index < -0.39 is 34.2 Å². The van der Waals surface area contributed by atoms with Crippen LogP contribution in [0.3, 0.4) is 0 Å². The van der Waals surface area contributed by atoms with Crippen LogP contribution in [0, 0.1) is 5.41 Å². The molecule has 0 heterocycles. The SMILES string of the molecule is CCCC(=CC(N)=O)NC(=O)C(C)(NC(=O)[C@@H](NC)C(C)(C)c1ccccc1)C(C)(C)C. The van der Waals surface area contributed by atoms with Crippen molar-refractivity contribution in [3.05, 3.63) is 47.7 Å². The summed E-state index contributed by atoms with van der Waals surface area (Å²) in [6.07, 6.45) is 2.44. The van der Waals surface area contributed by atoms with Gasteiger partial charge in [-0.3, -0.25) is 14.4 Å². The maximum atomic E-state index is 13.5. The standard InChI is InChI=1S/C25H40N4O3/c1-9-13-18(16-19(26)30)28-22(32)25(7,23(2,3)4)29-21(31)20(27-8)24(5,6)17-14-11-10-12-15-17/h10-12,14-16,20,27H,9,13H2,1-8H3,(H2,26,30)(H,28,32)(H,29,31)/t20-,25?/m1/s1. The number of hydrogen-bond acceptors (Lipinski definition) is 4. The van der Waals surface area contributed by atoms with Gasteiger partial charge in [0.15, 0.2) is 0 Å². The Balaban J connectivity index is 3.28. The second kappa shape index (κ2) is 10.8. The van der Waals surface area contributed by atoms with Crippen molar-refractivity contribution in [1.29, 1.82) is 0 Å². The lowest BCUT2D eigenvalue weighted by molar-refractivity contribution is -0.138. The molecule has 0 aliphatic carbocycles. The molecule has 7 nitrogen and oxygen atoms in total. The Morgan fingerprint density at radius 3 is 2.03 bits per heavy atom. The van der Waals surface area contributed by atoms with E-state index in [1.165, 1.54) is 6.08 Å². The van der Waals surface area contributed by atoms with Crippen LogP contribution >= 0.6 is 0 Å². The highest BCUT2D eigenvalue weighted by Crippen LogP contribution is 2.33. The smallest absolute Gasteiger partial charge is 0.250 e. The fourth-order valence-corrected chi connectivity index (χ4v) is 3.64. The van der Waals surface area contributed by atoms with Gasteiger partial charge in [0, 0.05) is 17.2 Å². The lowest BCUT2D eigenvalue weighted by atomic mass is 9.72. The number of primary amides is 1. The third-order valence-corrected chi connectivity index (χ3v) is 6.23. The van der Waals surface area contributed by atoms with Gasteiger partial charge in [-0.05, 0) is 31.4 Å². The molecule has 178 valence electrons. The Kier molecular flexibility index (Phi) is 9.21. The number of carbonyl (C=O) groups excluding carboxylic acids is 3. The van der Waals surface area contributed by atoms with E-state index in [0.717, 1.165) is 12.0 Å². The first-order valence-electron chi connectivity index (χ1n) is 11.1. The number of nitrogens with one attached hydrogen (secondary N) is 3. The van der Waals surface area contributed by atoms with Crippen molar-refractivity contribution in [2.24, 2.45) is 11.1 Å². The second-order valence-electron chi connectivity index (χ2n) is 9.95. The zero-order valence-electron chi connectivity index (χ0n) is 20.8. The van der Waals surface area contributed by atoms with Gasteiger partial charge in [0.05, 0.1) is 6.04 Å². The summed E-state index contributed by atoms with van der Waals surface area (Å²) >= 11 is 0. The van der Waals surface area contributed by atoms with Crippen molar-refractivity contribution >= 4 is 17.7 Å². The van der Waals surface area contributed by atoms with Gasteiger partial charge < -0.3 is 21.7 Å². The summed E-state index contributed by atoms with van der Waals surface area (Å²) < 4.78 is 0. The molecular weight excluding hydrogens is 404 g/mol. The van der Waals surface area contributed by atoms with E-state index in [4.69, 9.17) is 5.73 Å². The predicted molar refractivity (Wildman–Crippen MR) is 129 cm³/mol. The zero-order chi connectivity index (χ0) is 24.7. The van der Waals surface area contributed by atoms with Crippen LogP contribution in [-0.2, 0) is 19.8 Å². The van der Waals surface area contributed by atoms with E-state index in [2.05, 4.69) is 16.0 Å². The molecule has 2 atom stereocenters. The number of likely N-dealkylation sites (N-methyl/N-ethyl adjacent to an activating group) is 1. The number of rotatable bonds is 10. The number of carbonyl (C=O) groups is 3. The Hall–Kier alpha value is -2.67. The molecule has 32 heavy (non-hydrogen) atoms. The fourth-order valence-electron chi connectivity index (χ4n) is 3.64. The topological polar surface area (TPSA) is 113 Å². The van der Waals surface area contributed by atoms with Gasteiger partial charge in [-0.25, -0.2) is 0 Å². The van der Waals surface area contributed by atoms with Crippen LogP contribution in [0.15, 0.2) is 42.1 Å². The lowest BCUT2D eigenvalue weighted by Crippen LogP contribution is -2.67. The predicted octanol–water partition coefficient (Wildman–Crippen LogP) is 2.76. The van der Waals surface area contributed by atoms with E-state index in [1.54, 1.807) is 14.0 Å². The highest BCUT2D eigenvalue weighted by atomic mass is 16.2. The minimum absolute atomic E-state index is 0.287. The summed E-state index contributed by atoms with van der Waals surface area (Å²) in [7, 11) is 1.73. The molecule has 1 rings (SSSR count). The molecule has 0 saturated carbocycles. The van der Waals surface area contributed by atoms with E-state index in [0.29, 0.717) is 12.1 Å². The molecule has 1 unspecified atom stereocenters. The number of nitrogens with two attached hydrogens (primary N) is 1. The van der Waals surface area contributed by atoms with E-state index in [9.17, 15) is 14.4 Å². The first-order valence-corrected chi connectivity index (χ1v) is 11.1. The third kappa shape index (κ3) is 6.42. The number of benzene rings is 1. The average Bonchev–Trinajstić information content (AvgIpc) is 2.67. The Bertz CT molecular complexity index is 840. The van der Waals surface area contributed by atoms with Gasteiger partial charge >= 0.3 is 0 Å². The summed E-state index contributed by atoms with van der Waals surface area (Å²) in [5, 5.41) is 8.94. The minimum atomic E-state index is -1.25. The maximum Gasteiger partial charge on any atom is 0.250 e. The van der Waals surface area contributed by atoms with Crippen LogP contribution < -0.4 is 21.7 Å². The molecule has 1 aromatic carbocycles. The number of amides is 3. The lowest BCUT2D eigenvalue weighted by Gasteiger charge is -2.43. The molecule has 3 amide bonds. The van der Waals surface area contributed by atoms with E-state index in [-0.39, 0.29) is 5.91 Å². The molecule has 5 N–H and O–H groups in total. The van der Waals surface area contributed by atoms with Crippen LogP contribution in [0.2, 0.25) is 0 Å². The van der Waals surface area contributed by atoms with Crippen molar-refractivity contribution in [3.8, 4) is 0 Å². The molecule has 0 radical (unpaired) electrons. The van der Waals surface area contributed by atoms with Gasteiger partial charge in [0.1, 0.15) is 5.54 Å². The van der Waals surface area contributed by atoms with Crippen molar-refractivity contribution in [1.82, 2.24) is 16.0 Å². The summed E-state index contributed by atoms with van der Waals surface area (Å²) in [5.41, 5.74) is 4.33. The van der Waals surface area contributed by atoms with Crippen molar-refractivity contribution in [2.75, 3.05) is 7.05 Å². The summed E-state index contributed by atoms with van der Waals surface area (Å²) in [4.78, 5) is 38.3. The molecule has 0 aliphatic rings. The summed E-state index contributed by atoms with van der Waals surface area (Å²) in [5.74, 6) is -1.31. The number of hydrogen-bond donors (Lipinski definition) is 4. The Morgan fingerprint density at radius 1 is 1.03 bits per heavy atom. The molecule has 7 heteroatoms. The van der Waals surface area contributed by atoms with Gasteiger partial charge in [0.25, 0.3) is 0 Å². The normalized spacial score (nSPS) is 15.4. The average molecular weight is 445 g/mol. The quantitative estimate of drug-likeness (QED) is 0.416. The minimum Gasteiger partial charge on any atom is -0.366 e. The summed E-state index contributed by atoms with van der Waals surface area (Å²) in [6, 6.07) is 9.19. The van der Waals surface area contributed by atoms with Gasteiger partial charge in [-0.15, -0.1) is 0 Å². The van der Waals surface area contributed by atoms with Gasteiger partial charge in [0.2, 0.25) is 17.7 Å². The third-order valence-electron chi connectivity index (χ3n) is 6.23. The van der Waals surface area contributed by atoms with E-state index in [1.807, 2.05) is 71.9 Å². The first-order chi connectivity index (χ1) is 14.7.